The number of hydrogen-bond acceptors (Lipinski definition) is 4. The van der Waals surface area contributed by atoms with E-state index in [1.54, 1.807) is 7.11 Å². The van der Waals surface area contributed by atoms with Gasteiger partial charge in [-0.1, -0.05) is 30.3 Å². The number of carbonyl (C=O) groups excluding carboxylic acids is 1. The molecule has 0 spiro atoms. The molecular weight excluding hydrogens is 292 g/mol. The number of piperidine rings is 1. The fourth-order valence-corrected chi connectivity index (χ4v) is 3.29. The molecule has 0 saturated carbocycles. The van der Waals surface area contributed by atoms with Crippen molar-refractivity contribution in [2.24, 2.45) is 5.41 Å². The van der Waals surface area contributed by atoms with Gasteiger partial charge in [0.15, 0.2) is 0 Å². The first-order valence-electron chi connectivity index (χ1n) is 8.35. The van der Waals surface area contributed by atoms with E-state index in [0.717, 1.165) is 31.5 Å². The molecule has 0 aliphatic carbocycles. The molecule has 0 radical (unpaired) electrons. The molecule has 23 heavy (non-hydrogen) atoms. The molecule has 2 rings (SSSR count). The molecule has 1 saturated heterocycles. The van der Waals surface area contributed by atoms with Crippen molar-refractivity contribution in [3.8, 4) is 0 Å². The number of nitrogens with one attached hydrogen (secondary N) is 2. The van der Waals surface area contributed by atoms with E-state index in [4.69, 9.17) is 4.74 Å². The van der Waals surface area contributed by atoms with Crippen molar-refractivity contribution in [3.63, 3.8) is 0 Å². The first-order valence-corrected chi connectivity index (χ1v) is 8.35. The highest BCUT2D eigenvalue weighted by atomic mass is 16.5. The van der Waals surface area contributed by atoms with Crippen LogP contribution in [0.15, 0.2) is 30.3 Å². The number of rotatable bonds is 8. The Morgan fingerprint density at radius 1 is 1.35 bits per heavy atom. The van der Waals surface area contributed by atoms with Gasteiger partial charge in [-0.15, -0.1) is 0 Å². The van der Waals surface area contributed by atoms with Gasteiger partial charge in [-0.2, -0.15) is 0 Å². The van der Waals surface area contributed by atoms with Gasteiger partial charge >= 0.3 is 0 Å². The molecule has 1 amide bonds. The SMILES string of the molecule is COCC1(C(=O)NCC(CCO)c2ccccc2)CCNCC1. The van der Waals surface area contributed by atoms with Gasteiger partial charge in [-0.25, -0.2) is 0 Å². The van der Waals surface area contributed by atoms with Gasteiger partial charge in [-0.05, 0) is 37.9 Å². The van der Waals surface area contributed by atoms with Gasteiger partial charge in [0, 0.05) is 26.2 Å². The third-order valence-corrected chi connectivity index (χ3v) is 4.72. The molecule has 1 unspecified atom stereocenters. The van der Waals surface area contributed by atoms with Gasteiger partial charge in [0.25, 0.3) is 0 Å². The summed E-state index contributed by atoms with van der Waals surface area (Å²) in [5.41, 5.74) is 0.716. The normalized spacial score (nSPS) is 18.3. The van der Waals surface area contributed by atoms with Crippen LogP contribution in [-0.2, 0) is 9.53 Å². The van der Waals surface area contributed by atoms with E-state index in [2.05, 4.69) is 10.6 Å². The minimum atomic E-state index is -0.430. The lowest BCUT2D eigenvalue weighted by Gasteiger charge is -2.36. The van der Waals surface area contributed by atoms with Crippen LogP contribution in [0.2, 0.25) is 0 Å². The van der Waals surface area contributed by atoms with Gasteiger partial charge in [0.05, 0.1) is 12.0 Å². The van der Waals surface area contributed by atoms with Crippen molar-refractivity contribution in [1.82, 2.24) is 10.6 Å². The zero-order chi connectivity index (χ0) is 16.5. The molecule has 0 aromatic heterocycles. The van der Waals surface area contributed by atoms with Crippen LogP contribution in [0.1, 0.15) is 30.7 Å². The Hall–Kier alpha value is -1.43. The smallest absolute Gasteiger partial charge is 0.228 e. The zero-order valence-corrected chi connectivity index (χ0v) is 13.9. The van der Waals surface area contributed by atoms with E-state index < -0.39 is 5.41 Å². The van der Waals surface area contributed by atoms with Crippen LogP contribution in [0.4, 0.5) is 0 Å². The Balaban J connectivity index is 1.99. The van der Waals surface area contributed by atoms with Gasteiger partial charge < -0.3 is 20.5 Å². The first-order chi connectivity index (χ1) is 11.2. The van der Waals surface area contributed by atoms with Crippen molar-refractivity contribution in [2.75, 3.05) is 40.0 Å². The molecule has 128 valence electrons. The Kier molecular flexibility index (Phi) is 7.02. The Morgan fingerprint density at radius 3 is 2.65 bits per heavy atom. The molecule has 1 fully saturated rings. The Morgan fingerprint density at radius 2 is 2.04 bits per heavy atom. The fourth-order valence-electron chi connectivity index (χ4n) is 3.29. The number of aliphatic hydroxyl groups excluding tert-OH is 1. The van der Waals surface area contributed by atoms with E-state index >= 15 is 0 Å². The lowest BCUT2D eigenvalue weighted by Crippen LogP contribution is -2.50. The average molecular weight is 320 g/mol. The molecule has 1 atom stereocenters. The minimum absolute atomic E-state index is 0.0692. The molecule has 5 heteroatoms. The number of amides is 1. The molecule has 1 aromatic rings. The average Bonchev–Trinajstić information content (AvgIpc) is 2.60. The number of aliphatic hydroxyl groups is 1. The number of ether oxygens (including phenoxy) is 1. The monoisotopic (exact) mass is 320 g/mol. The minimum Gasteiger partial charge on any atom is -0.396 e. The molecular formula is C18H28N2O3. The Labute approximate surface area is 138 Å². The maximum Gasteiger partial charge on any atom is 0.228 e. The summed E-state index contributed by atoms with van der Waals surface area (Å²) in [6.45, 7) is 2.80. The summed E-state index contributed by atoms with van der Waals surface area (Å²) in [5, 5.41) is 15.7. The first kappa shape index (κ1) is 17.9. The van der Waals surface area contributed by atoms with Crippen molar-refractivity contribution >= 4 is 5.91 Å². The zero-order valence-electron chi connectivity index (χ0n) is 13.9. The lowest BCUT2D eigenvalue weighted by molar-refractivity contribution is -0.136. The number of benzene rings is 1. The lowest BCUT2D eigenvalue weighted by atomic mass is 9.78. The summed E-state index contributed by atoms with van der Waals surface area (Å²) in [4.78, 5) is 12.8. The standard InChI is InChI=1S/C18H28N2O3/c1-23-14-18(8-10-19-11-9-18)17(22)20-13-16(7-12-21)15-5-3-2-4-6-15/h2-6,16,19,21H,7-14H2,1H3,(H,20,22). The van der Waals surface area contributed by atoms with Crippen LogP contribution in [0.3, 0.4) is 0 Å². The maximum absolute atomic E-state index is 12.8. The van der Waals surface area contributed by atoms with Crippen LogP contribution in [-0.4, -0.2) is 51.0 Å². The quantitative estimate of drug-likeness (QED) is 0.675. The van der Waals surface area contributed by atoms with E-state index in [1.807, 2.05) is 30.3 Å². The van der Waals surface area contributed by atoms with Crippen molar-refractivity contribution in [2.45, 2.75) is 25.2 Å². The van der Waals surface area contributed by atoms with Crippen LogP contribution in [0.5, 0.6) is 0 Å². The molecule has 0 bridgehead atoms. The predicted molar refractivity (Wildman–Crippen MR) is 90.3 cm³/mol. The van der Waals surface area contributed by atoms with Gasteiger partial charge in [-0.3, -0.25) is 4.79 Å². The van der Waals surface area contributed by atoms with Crippen LogP contribution < -0.4 is 10.6 Å². The number of carbonyl (C=O) groups is 1. The van der Waals surface area contributed by atoms with Gasteiger partial charge in [0.2, 0.25) is 5.91 Å². The highest BCUT2D eigenvalue weighted by Crippen LogP contribution is 2.30. The fraction of sp³-hybridized carbons (Fsp3) is 0.611. The Bertz CT molecular complexity index is 467. The van der Waals surface area contributed by atoms with Crippen LogP contribution >= 0.6 is 0 Å². The summed E-state index contributed by atoms with van der Waals surface area (Å²) in [6, 6.07) is 10.0. The molecule has 1 aromatic carbocycles. The maximum atomic E-state index is 12.8. The number of hydrogen-bond donors (Lipinski definition) is 3. The van der Waals surface area contributed by atoms with E-state index in [0.29, 0.717) is 19.6 Å². The van der Waals surface area contributed by atoms with Crippen molar-refractivity contribution < 1.29 is 14.6 Å². The van der Waals surface area contributed by atoms with Crippen LogP contribution in [0, 0.1) is 5.41 Å². The van der Waals surface area contributed by atoms with Crippen LogP contribution in [0.25, 0.3) is 0 Å². The van der Waals surface area contributed by atoms with E-state index in [-0.39, 0.29) is 18.4 Å². The second-order valence-electron chi connectivity index (χ2n) is 6.29. The molecule has 1 aliphatic heterocycles. The summed E-state index contributed by atoms with van der Waals surface area (Å²) in [5.74, 6) is 0.200. The molecule has 5 nitrogen and oxygen atoms in total. The predicted octanol–water partition coefficient (Wildman–Crippen LogP) is 1.28. The third-order valence-electron chi connectivity index (χ3n) is 4.72. The summed E-state index contributed by atoms with van der Waals surface area (Å²) >= 11 is 0. The summed E-state index contributed by atoms with van der Waals surface area (Å²) in [6.07, 6.45) is 2.23. The number of methoxy groups -OCH3 is 1. The second kappa shape index (κ2) is 9.01. The summed E-state index contributed by atoms with van der Waals surface area (Å²) in [7, 11) is 1.65. The highest BCUT2D eigenvalue weighted by molar-refractivity contribution is 5.83. The molecule has 1 heterocycles. The summed E-state index contributed by atoms with van der Waals surface area (Å²) < 4.78 is 5.32. The third kappa shape index (κ3) is 4.77. The largest absolute Gasteiger partial charge is 0.396 e. The van der Waals surface area contributed by atoms with Crippen molar-refractivity contribution in [1.29, 1.82) is 0 Å². The van der Waals surface area contributed by atoms with E-state index in [1.165, 1.54) is 0 Å². The van der Waals surface area contributed by atoms with E-state index in [9.17, 15) is 9.90 Å². The molecule has 3 N–H and O–H groups in total. The molecule has 1 aliphatic rings. The highest BCUT2D eigenvalue weighted by Gasteiger charge is 2.39. The van der Waals surface area contributed by atoms with Crippen molar-refractivity contribution in [3.05, 3.63) is 35.9 Å². The van der Waals surface area contributed by atoms with Gasteiger partial charge in [0.1, 0.15) is 0 Å². The topological polar surface area (TPSA) is 70.6 Å². The second-order valence-corrected chi connectivity index (χ2v) is 6.29.